The molecule has 0 aliphatic carbocycles. The molecule has 0 N–H and O–H groups in total. The smallest absolute Gasteiger partial charge is 0.156 e. The van der Waals surface area contributed by atoms with Gasteiger partial charge in [0.2, 0.25) is 0 Å². The molecule has 18 heavy (non-hydrogen) atoms. The van der Waals surface area contributed by atoms with Crippen LogP contribution in [0.2, 0.25) is 10.0 Å². The Morgan fingerprint density at radius 3 is 2.44 bits per heavy atom. The summed E-state index contributed by atoms with van der Waals surface area (Å²) in [6.07, 6.45) is 0. The highest BCUT2D eigenvalue weighted by Gasteiger charge is 2.12. The summed E-state index contributed by atoms with van der Waals surface area (Å²) in [5, 5.41) is 1.05. The second-order valence-electron chi connectivity index (χ2n) is 4.00. The van der Waals surface area contributed by atoms with E-state index in [1.54, 1.807) is 12.1 Å². The molecule has 0 bridgehead atoms. The zero-order valence-electron chi connectivity index (χ0n) is 9.79. The first-order valence-electron chi connectivity index (χ1n) is 5.74. The third kappa shape index (κ3) is 4.00. The van der Waals surface area contributed by atoms with Gasteiger partial charge in [-0.2, -0.15) is 0 Å². The van der Waals surface area contributed by atoms with Crippen LogP contribution in [0, 0.1) is 0 Å². The van der Waals surface area contributed by atoms with Crippen molar-refractivity contribution in [1.82, 2.24) is 4.90 Å². The number of benzene rings is 1. The molecule has 1 aromatic carbocycles. The monoisotopic (exact) mass is 353 g/mol. The van der Waals surface area contributed by atoms with Crippen LogP contribution in [-0.4, -0.2) is 44.4 Å². The average Bonchev–Trinajstić information content (AvgIpc) is 2.34. The number of morpholine rings is 1. The van der Waals surface area contributed by atoms with Gasteiger partial charge in [-0.1, -0.05) is 39.1 Å². The van der Waals surface area contributed by atoms with Gasteiger partial charge in [-0.05, 0) is 12.1 Å². The van der Waals surface area contributed by atoms with E-state index in [1.807, 2.05) is 0 Å². The molecule has 1 saturated heterocycles. The molecule has 1 fully saturated rings. The normalized spacial score (nSPS) is 16.8. The first-order valence-corrected chi connectivity index (χ1v) is 7.29. The van der Waals surface area contributed by atoms with Crippen molar-refractivity contribution in [3.05, 3.63) is 26.7 Å². The highest BCUT2D eigenvalue weighted by molar-refractivity contribution is 9.10. The molecule has 1 aromatic rings. The van der Waals surface area contributed by atoms with Crippen molar-refractivity contribution < 1.29 is 9.47 Å². The highest BCUT2D eigenvalue weighted by atomic mass is 79.9. The van der Waals surface area contributed by atoms with E-state index in [1.165, 1.54) is 0 Å². The van der Waals surface area contributed by atoms with Crippen molar-refractivity contribution in [2.45, 2.75) is 0 Å². The lowest BCUT2D eigenvalue weighted by atomic mass is 10.3. The Balaban J connectivity index is 1.86. The quantitative estimate of drug-likeness (QED) is 0.826. The molecular weight excluding hydrogens is 341 g/mol. The largest absolute Gasteiger partial charge is 0.489 e. The van der Waals surface area contributed by atoms with Crippen LogP contribution in [0.4, 0.5) is 0 Å². The minimum absolute atomic E-state index is 0.524. The van der Waals surface area contributed by atoms with Gasteiger partial charge in [0.25, 0.3) is 0 Å². The van der Waals surface area contributed by atoms with Gasteiger partial charge in [-0.15, -0.1) is 0 Å². The van der Waals surface area contributed by atoms with E-state index in [2.05, 4.69) is 20.8 Å². The van der Waals surface area contributed by atoms with Gasteiger partial charge in [0.1, 0.15) is 6.61 Å². The van der Waals surface area contributed by atoms with Crippen LogP contribution >= 0.6 is 39.1 Å². The second kappa shape index (κ2) is 6.96. The van der Waals surface area contributed by atoms with Gasteiger partial charge in [0.05, 0.1) is 23.3 Å². The second-order valence-corrected chi connectivity index (χ2v) is 5.73. The zero-order chi connectivity index (χ0) is 13.0. The first kappa shape index (κ1) is 14.4. The van der Waals surface area contributed by atoms with Crippen molar-refractivity contribution in [2.24, 2.45) is 0 Å². The molecule has 1 aliphatic heterocycles. The molecule has 1 heterocycles. The van der Waals surface area contributed by atoms with E-state index in [0.717, 1.165) is 37.3 Å². The molecule has 3 nitrogen and oxygen atoms in total. The van der Waals surface area contributed by atoms with E-state index in [-0.39, 0.29) is 0 Å². The highest BCUT2D eigenvalue weighted by Crippen LogP contribution is 2.35. The minimum Gasteiger partial charge on any atom is -0.489 e. The lowest BCUT2D eigenvalue weighted by Crippen LogP contribution is -2.38. The van der Waals surface area contributed by atoms with Gasteiger partial charge in [-0.3, -0.25) is 4.90 Å². The molecule has 0 spiro atoms. The van der Waals surface area contributed by atoms with Gasteiger partial charge >= 0.3 is 0 Å². The summed E-state index contributed by atoms with van der Waals surface area (Å²) in [5.41, 5.74) is 0. The molecule has 0 radical (unpaired) electrons. The third-order valence-corrected chi connectivity index (χ3v) is 3.74. The molecule has 0 saturated carbocycles. The summed E-state index contributed by atoms with van der Waals surface area (Å²) in [6, 6.07) is 3.55. The Kier molecular flexibility index (Phi) is 5.57. The number of ether oxygens (including phenoxy) is 2. The molecule has 2 rings (SSSR count). The fourth-order valence-electron chi connectivity index (χ4n) is 1.77. The minimum atomic E-state index is 0.524. The van der Waals surface area contributed by atoms with Crippen LogP contribution in [-0.2, 0) is 4.74 Å². The molecule has 0 amide bonds. The van der Waals surface area contributed by atoms with Crippen LogP contribution in [0.5, 0.6) is 5.75 Å². The zero-order valence-corrected chi connectivity index (χ0v) is 12.9. The standard InChI is InChI=1S/C12H14BrCl2NO2/c13-9-7-10(14)12(11(15)8-9)18-6-3-16-1-4-17-5-2-16/h7-8H,1-6H2. The summed E-state index contributed by atoms with van der Waals surface area (Å²) in [5.74, 6) is 0.551. The van der Waals surface area contributed by atoms with Crippen molar-refractivity contribution in [3.63, 3.8) is 0 Å². The molecule has 0 unspecified atom stereocenters. The lowest BCUT2D eigenvalue weighted by Gasteiger charge is -2.26. The third-order valence-electron chi connectivity index (χ3n) is 2.72. The predicted octanol–water partition coefficient (Wildman–Crippen LogP) is 3.47. The molecule has 100 valence electrons. The Hall–Kier alpha value is -0.0000000000000000971. The van der Waals surface area contributed by atoms with Gasteiger partial charge in [0.15, 0.2) is 5.75 Å². The maximum atomic E-state index is 6.08. The summed E-state index contributed by atoms with van der Waals surface area (Å²) in [7, 11) is 0. The molecule has 6 heteroatoms. The number of rotatable bonds is 4. The number of halogens is 3. The van der Waals surface area contributed by atoms with E-state index < -0.39 is 0 Å². The molecular formula is C12H14BrCl2NO2. The van der Waals surface area contributed by atoms with Crippen LogP contribution < -0.4 is 4.74 Å². The SMILES string of the molecule is Clc1cc(Br)cc(Cl)c1OCCN1CCOCC1. The number of hydrogen-bond acceptors (Lipinski definition) is 3. The van der Waals surface area contributed by atoms with E-state index in [4.69, 9.17) is 32.7 Å². The Morgan fingerprint density at radius 1 is 1.22 bits per heavy atom. The van der Waals surface area contributed by atoms with Crippen molar-refractivity contribution in [3.8, 4) is 5.75 Å². The maximum absolute atomic E-state index is 6.08. The van der Waals surface area contributed by atoms with Gasteiger partial charge in [-0.25, -0.2) is 0 Å². The van der Waals surface area contributed by atoms with Crippen molar-refractivity contribution >= 4 is 39.1 Å². The molecule has 0 aromatic heterocycles. The maximum Gasteiger partial charge on any atom is 0.156 e. The topological polar surface area (TPSA) is 21.7 Å². The van der Waals surface area contributed by atoms with Gasteiger partial charge < -0.3 is 9.47 Å². The van der Waals surface area contributed by atoms with E-state index in [9.17, 15) is 0 Å². The fraction of sp³-hybridized carbons (Fsp3) is 0.500. The van der Waals surface area contributed by atoms with Crippen LogP contribution in [0.15, 0.2) is 16.6 Å². The first-order chi connectivity index (χ1) is 8.66. The summed E-state index contributed by atoms with van der Waals surface area (Å²) in [4.78, 5) is 2.30. The summed E-state index contributed by atoms with van der Waals surface area (Å²) in [6.45, 7) is 4.91. The average molecular weight is 355 g/mol. The molecule has 0 atom stereocenters. The summed E-state index contributed by atoms with van der Waals surface area (Å²) < 4.78 is 11.8. The Labute approximate surface area is 125 Å². The predicted molar refractivity (Wildman–Crippen MR) is 76.9 cm³/mol. The van der Waals surface area contributed by atoms with E-state index >= 15 is 0 Å². The van der Waals surface area contributed by atoms with Crippen molar-refractivity contribution in [2.75, 3.05) is 39.5 Å². The molecule has 1 aliphatic rings. The number of hydrogen-bond donors (Lipinski definition) is 0. The lowest BCUT2D eigenvalue weighted by molar-refractivity contribution is 0.0322. The Bertz CT molecular complexity index is 388. The van der Waals surface area contributed by atoms with Crippen LogP contribution in [0.1, 0.15) is 0 Å². The fourth-order valence-corrected chi connectivity index (χ4v) is 3.09. The summed E-state index contributed by atoms with van der Waals surface area (Å²) >= 11 is 15.5. The van der Waals surface area contributed by atoms with Crippen LogP contribution in [0.25, 0.3) is 0 Å². The van der Waals surface area contributed by atoms with Gasteiger partial charge in [0, 0.05) is 24.1 Å². The number of nitrogens with zero attached hydrogens (tertiary/aromatic N) is 1. The van der Waals surface area contributed by atoms with E-state index in [0.29, 0.717) is 22.4 Å². The van der Waals surface area contributed by atoms with Crippen molar-refractivity contribution in [1.29, 1.82) is 0 Å². The van der Waals surface area contributed by atoms with Crippen LogP contribution in [0.3, 0.4) is 0 Å². The Morgan fingerprint density at radius 2 is 1.83 bits per heavy atom.